The monoisotopic (exact) mass is 466 g/mol. The van der Waals surface area contributed by atoms with Crippen LogP contribution < -0.4 is 15.8 Å². The molecule has 2 aromatic carbocycles. The lowest BCUT2D eigenvalue weighted by molar-refractivity contribution is -0.137. The average Bonchev–Trinajstić information content (AvgIpc) is 2.84. The number of anilines is 3. The van der Waals surface area contributed by atoms with Gasteiger partial charge in [0.25, 0.3) is 5.56 Å². The Labute approximate surface area is 193 Å². The van der Waals surface area contributed by atoms with E-state index in [-0.39, 0.29) is 11.4 Å². The van der Waals surface area contributed by atoms with Crippen molar-refractivity contribution < 1.29 is 17.9 Å². The van der Waals surface area contributed by atoms with Crippen molar-refractivity contribution in [3.63, 3.8) is 0 Å². The number of hydrogen-bond donors (Lipinski definition) is 2. The first-order valence-electron chi connectivity index (χ1n) is 10.8. The van der Waals surface area contributed by atoms with E-state index in [1.807, 2.05) is 24.3 Å². The molecule has 6 nitrogen and oxygen atoms in total. The van der Waals surface area contributed by atoms with Gasteiger partial charge in [-0.2, -0.15) is 13.2 Å². The molecule has 0 bridgehead atoms. The van der Waals surface area contributed by atoms with Crippen molar-refractivity contribution >= 4 is 28.0 Å². The summed E-state index contributed by atoms with van der Waals surface area (Å²) in [6, 6.07) is 16.0. The van der Waals surface area contributed by atoms with Crippen LogP contribution in [0.3, 0.4) is 0 Å². The Morgan fingerprint density at radius 3 is 2.50 bits per heavy atom. The first-order chi connectivity index (χ1) is 16.4. The van der Waals surface area contributed by atoms with Crippen LogP contribution in [0.4, 0.5) is 30.4 Å². The lowest BCUT2D eigenvalue weighted by Gasteiger charge is -2.28. The lowest BCUT2D eigenvalue weighted by Crippen LogP contribution is -2.36. The van der Waals surface area contributed by atoms with Crippen LogP contribution in [0.25, 0.3) is 22.0 Å². The summed E-state index contributed by atoms with van der Waals surface area (Å²) < 4.78 is 45.1. The van der Waals surface area contributed by atoms with E-state index in [0.29, 0.717) is 40.9 Å². The van der Waals surface area contributed by atoms with Crippen molar-refractivity contribution in [1.29, 1.82) is 0 Å². The van der Waals surface area contributed by atoms with E-state index in [1.54, 1.807) is 18.2 Å². The summed E-state index contributed by atoms with van der Waals surface area (Å²) >= 11 is 0. The van der Waals surface area contributed by atoms with Gasteiger partial charge in [0.15, 0.2) is 0 Å². The van der Waals surface area contributed by atoms with Gasteiger partial charge in [-0.1, -0.05) is 12.1 Å². The van der Waals surface area contributed by atoms with Crippen molar-refractivity contribution in [2.45, 2.75) is 6.18 Å². The summed E-state index contributed by atoms with van der Waals surface area (Å²) in [5.74, 6) is 0.269. The lowest BCUT2D eigenvalue weighted by atomic mass is 10.0. The molecule has 4 aromatic rings. The highest BCUT2D eigenvalue weighted by atomic mass is 19.4. The standard InChI is InChI=1S/C25H21F3N4O2/c26-25(27,28)18-3-1-2-16(14-18)21-15-17-8-9-29-24(33)22(17)23(31-21)30-19-4-6-20(7-5-19)32-10-12-34-13-11-32/h1-9,14-15H,10-13H2,(H,29,33)(H,30,31). The van der Waals surface area contributed by atoms with Crippen molar-refractivity contribution in [2.75, 3.05) is 36.5 Å². The fourth-order valence-electron chi connectivity index (χ4n) is 4.02. The highest BCUT2D eigenvalue weighted by Crippen LogP contribution is 2.33. The normalized spacial score (nSPS) is 14.4. The van der Waals surface area contributed by atoms with Gasteiger partial charge in [0.2, 0.25) is 0 Å². The van der Waals surface area contributed by atoms with Gasteiger partial charge in [0, 0.05) is 36.2 Å². The second kappa shape index (κ2) is 8.83. The molecule has 0 unspecified atom stereocenters. The molecule has 0 radical (unpaired) electrons. The van der Waals surface area contributed by atoms with Gasteiger partial charge >= 0.3 is 6.18 Å². The molecule has 174 valence electrons. The summed E-state index contributed by atoms with van der Waals surface area (Å²) in [6.07, 6.45) is -2.96. The van der Waals surface area contributed by atoms with Crippen molar-refractivity contribution in [3.8, 4) is 11.3 Å². The van der Waals surface area contributed by atoms with E-state index >= 15 is 0 Å². The zero-order valence-corrected chi connectivity index (χ0v) is 18.0. The van der Waals surface area contributed by atoms with Gasteiger partial charge < -0.3 is 19.9 Å². The zero-order chi connectivity index (χ0) is 23.7. The van der Waals surface area contributed by atoms with E-state index in [2.05, 4.69) is 20.2 Å². The Hall–Kier alpha value is -3.85. The number of aromatic nitrogens is 2. The van der Waals surface area contributed by atoms with Gasteiger partial charge in [-0.3, -0.25) is 4.79 Å². The Morgan fingerprint density at radius 2 is 1.76 bits per heavy atom. The molecule has 0 atom stereocenters. The Morgan fingerprint density at radius 1 is 1.00 bits per heavy atom. The van der Waals surface area contributed by atoms with Crippen LogP contribution in [0, 0.1) is 0 Å². The molecule has 2 N–H and O–H groups in total. The van der Waals surface area contributed by atoms with Gasteiger partial charge in [-0.15, -0.1) is 0 Å². The number of ether oxygens (including phenoxy) is 1. The molecule has 0 amide bonds. The first-order valence-corrected chi connectivity index (χ1v) is 10.8. The van der Waals surface area contributed by atoms with E-state index in [9.17, 15) is 18.0 Å². The molecule has 1 fully saturated rings. The molecule has 0 aliphatic carbocycles. The molecule has 2 aromatic heterocycles. The average molecular weight is 466 g/mol. The number of fused-ring (bicyclic) bond motifs is 1. The highest BCUT2D eigenvalue weighted by Gasteiger charge is 2.30. The van der Waals surface area contributed by atoms with E-state index in [0.717, 1.165) is 30.9 Å². The molecule has 1 saturated heterocycles. The second-order valence-electron chi connectivity index (χ2n) is 7.98. The highest BCUT2D eigenvalue weighted by molar-refractivity contribution is 5.95. The maximum atomic E-state index is 13.2. The third kappa shape index (κ3) is 4.47. The number of alkyl halides is 3. The summed E-state index contributed by atoms with van der Waals surface area (Å²) in [7, 11) is 0. The minimum atomic E-state index is -4.46. The smallest absolute Gasteiger partial charge is 0.378 e. The van der Waals surface area contributed by atoms with Crippen LogP contribution in [0.2, 0.25) is 0 Å². The number of benzene rings is 2. The van der Waals surface area contributed by atoms with Gasteiger partial charge in [0.05, 0.1) is 29.9 Å². The maximum Gasteiger partial charge on any atom is 0.416 e. The van der Waals surface area contributed by atoms with Gasteiger partial charge in [-0.05, 0) is 53.9 Å². The van der Waals surface area contributed by atoms with E-state index < -0.39 is 11.7 Å². The van der Waals surface area contributed by atoms with E-state index in [4.69, 9.17) is 4.74 Å². The third-order valence-electron chi connectivity index (χ3n) is 5.75. The van der Waals surface area contributed by atoms with Crippen LogP contribution in [0.1, 0.15) is 5.56 Å². The SMILES string of the molecule is O=c1[nH]ccc2cc(-c3cccc(C(F)(F)F)c3)nc(Nc3ccc(N4CCOCC4)cc3)c12. The second-order valence-corrected chi connectivity index (χ2v) is 7.98. The van der Waals surface area contributed by atoms with Crippen molar-refractivity contribution in [3.05, 3.63) is 82.8 Å². The van der Waals surface area contributed by atoms with Gasteiger partial charge in [0.1, 0.15) is 5.82 Å². The molecule has 9 heteroatoms. The van der Waals surface area contributed by atoms with Crippen molar-refractivity contribution in [2.24, 2.45) is 0 Å². The minimum absolute atomic E-state index is 0.269. The van der Waals surface area contributed by atoms with Crippen LogP contribution in [-0.4, -0.2) is 36.3 Å². The predicted octanol–water partition coefficient (Wildman–Crippen LogP) is 5.19. The molecule has 1 aliphatic rings. The van der Waals surface area contributed by atoms with Crippen LogP contribution >= 0.6 is 0 Å². The molecular formula is C25H21F3N4O2. The molecular weight excluding hydrogens is 445 g/mol. The van der Waals surface area contributed by atoms with Crippen molar-refractivity contribution in [1.82, 2.24) is 9.97 Å². The largest absolute Gasteiger partial charge is 0.416 e. The number of aromatic amines is 1. The summed E-state index contributed by atoms with van der Waals surface area (Å²) in [6.45, 7) is 2.99. The number of rotatable bonds is 4. The molecule has 1 aliphatic heterocycles. The summed E-state index contributed by atoms with van der Waals surface area (Å²) in [5, 5.41) is 4.07. The number of halogens is 3. The Balaban J connectivity index is 1.53. The summed E-state index contributed by atoms with van der Waals surface area (Å²) in [4.78, 5) is 22.0. The quantitative estimate of drug-likeness (QED) is 0.433. The summed E-state index contributed by atoms with van der Waals surface area (Å²) in [5.41, 5.74) is 1.30. The van der Waals surface area contributed by atoms with Crippen LogP contribution in [-0.2, 0) is 10.9 Å². The zero-order valence-electron chi connectivity index (χ0n) is 18.0. The van der Waals surface area contributed by atoms with Crippen LogP contribution in [0.15, 0.2) is 71.7 Å². The predicted molar refractivity (Wildman–Crippen MR) is 126 cm³/mol. The number of morpholine rings is 1. The Kier molecular flexibility index (Phi) is 5.70. The number of nitrogens with one attached hydrogen (secondary N) is 2. The minimum Gasteiger partial charge on any atom is -0.378 e. The fourth-order valence-corrected chi connectivity index (χ4v) is 4.02. The Bertz CT molecular complexity index is 1380. The number of pyridine rings is 2. The molecule has 34 heavy (non-hydrogen) atoms. The van der Waals surface area contributed by atoms with E-state index in [1.165, 1.54) is 12.3 Å². The number of H-pyrrole nitrogens is 1. The molecule has 3 heterocycles. The maximum absolute atomic E-state index is 13.2. The first kappa shape index (κ1) is 22.0. The number of hydrogen-bond acceptors (Lipinski definition) is 5. The number of nitrogens with zero attached hydrogens (tertiary/aromatic N) is 2. The third-order valence-corrected chi connectivity index (χ3v) is 5.75. The van der Waals surface area contributed by atoms with Crippen LogP contribution in [0.5, 0.6) is 0 Å². The molecule has 0 saturated carbocycles. The fraction of sp³-hybridized carbons (Fsp3) is 0.200. The van der Waals surface area contributed by atoms with Gasteiger partial charge in [-0.25, -0.2) is 4.98 Å². The molecule has 0 spiro atoms. The molecule has 5 rings (SSSR count). The topological polar surface area (TPSA) is 70.2 Å².